The van der Waals surface area contributed by atoms with Crippen LogP contribution in [0.25, 0.3) is 0 Å². The van der Waals surface area contributed by atoms with Gasteiger partial charge in [-0.05, 0) is 30.5 Å². The molecule has 1 aliphatic heterocycles. The van der Waals surface area contributed by atoms with Crippen molar-refractivity contribution >= 4 is 0 Å². The maximum absolute atomic E-state index is 5.69. The highest BCUT2D eigenvalue weighted by Gasteiger charge is 2.38. The quantitative estimate of drug-likeness (QED) is 0.807. The van der Waals surface area contributed by atoms with Gasteiger partial charge in [0.15, 0.2) is 0 Å². The molecule has 3 heteroatoms. The van der Waals surface area contributed by atoms with E-state index >= 15 is 0 Å². The highest BCUT2D eigenvalue weighted by Crippen LogP contribution is 2.33. The van der Waals surface area contributed by atoms with Gasteiger partial charge in [0.05, 0.1) is 12.3 Å². The topological polar surface area (TPSA) is 31.4 Å². The number of methoxy groups -OCH3 is 1. The summed E-state index contributed by atoms with van der Waals surface area (Å²) >= 11 is 0. The molecule has 0 amide bonds. The van der Waals surface area contributed by atoms with E-state index in [1.54, 1.807) is 7.11 Å². The van der Waals surface area contributed by atoms with Crippen LogP contribution in [0.5, 0.6) is 0 Å². The Morgan fingerprint density at radius 3 is 2.71 bits per heavy atom. The SMILES string of the molecule is CO[C@]1(c2cc(C)cc(C(C)C)n2)CCOC1. The van der Waals surface area contributed by atoms with Gasteiger partial charge in [-0.2, -0.15) is 0 Å². The van der Waals surface area contributed by atoms with Crippen molar-refractivity contribution in [2.75, 3.05) is 20.3 Å². The van der Waals surface area contributed by atoms with Crippen molar-refractivity contribution in [2.24, 2.45) is 0 Å². The second kappa shape index (κ2) is 4.75. The van der Waals surface area contributed by atoms with Crippen LogP contribution in [-0.4, -0.2) is 25.3 Å². The molecule has 1 aliphatic rings. The van der Waals surface area contributed by atoms with E-state index in [1.807, 2.05) is 0 Å². The summed E-state index contributed by atoms with van der Waals surface area (Å²) in [5.74, 6) is 0.435. The minimum absolute atomic E-state index is 0.338. The van der Waals surface area contributed by atoms with Crippen LogP contribution >= 0.6 is 0 Å². The maximum Gasteiger partial charge on any atom is 0.135 e. The minimum Gasteiger partial charge on any atom is -0.378 e. The molecule has 0 spiro atoms. The van der Waals surface area contributed by atoms with Crippen LogP contribution in [-0.2, 0) is 15.1 Å². The lowest BCUT2D eigenvalue weighted by atomic mass is 9.95. The fourth-order valence-electron chi connectivity index (χ4n) is 2.24. The van der Waals surface area contributed by atoms with E-state index < -0.39 is 0 Å². The average Bonchev–Trinajstić information content (AvgIpc) is 2.78. The molecule has 0 aromatic carbocycles. The molecular formula is C14H21NO2. The number of nitrogens with zero attached hydrogens (tertiary/aromatic N) is 1. The van der Waals surface area contributed by atoms with Crippen molar-refractivity contribution < 1.29 is 9.47 Å². The Balaban J connectivity index is 2.43. The van der Waals surface area contributed by atoms with Gasteiger partial charge >= 0.3 is 0 Å². The second-order valence-electron chi connectivity index (χ2n) is 5.11. The summed E-state index contributed by atoms with van der Waals surface area (Å²) in [4.78, 5) is 4.75. The highest BCUT2D eigenvalue weighted by atomic mass is 16.5. The molecule has 1 saturated heterocycles. The first-order valence-corrected chi connectivity index (χ1v) is 6.19. The standard InChI is InChI=1S/C14H21NO2/c1-10(2)12-7-11(3)8-13(15-12)14(16-4)5-6-17-9-14/h7-8,10H,5-6,9H2,1-4H3/t14-/m1/s1. The van der Waals surface area contributed by atoms with E-state index in [0.29, 0.717) is 12.5 Å². The molecule has 94 valence electrons. The van der Waals surface area contributed by atoms with Gasteiger partial charge in [-0.3, -0.25) is 4.98 Å². The van der Waals surface area contributed by atoms with E-state index in [2.05, 4.69) is 32.9 Å². The van der Waals surface area contributed by atoms with E-state index in [9.17, 15) is 0 Å². The zero-order valence-electron chi connectivity index (χ0n) is 11.1. The molecule has 0 bridgehead atoms. The van der Waals surface area contributed by atoms with Crippen molar-refractivity contribution in [1.82, 2.24) is 4.98 Å². The molecule has 0 aliphatic carbocycles. The van der Waals surface area contributed by atoms with Crippen molar-refractivity contribution in [3.05, 3.63) is 29.1 Å². The smallest absolute Gasteiger partial charge is 0.135 e. The van der Waals surface area contributed by atoms with Crippen LogP contribution in [0.15, 0.2) is 12.1 Å². The Morgan fingerprint density at radius 1 is 1.41 bits per heavy atom. The second-order valence-corrected chi connectivity index (χ2v) is 5.11. The van der Waals surface area contributed by atoms with E-state index in [0.717, 1.165) is 24.4 Å². The van der Waals surface area contributed by atoms with E-state index in [1.165, 1.54) is 5.56 Å². The number of rotatable bonds is 3. The zero-order valence-corrected chi connectivity index (χ0v) is 11.1. The fraction of sp³-hybridized carbons (Fsp3) is 0.643. The number of hydrogen-bond acceptors (Lipinski definition) is 3. The van der Waals surface area contributed by atoms with Gasteiger partial charge in [0.2, 0.25) is 0 Å². The molecule has 2 rings (SSSR count). The largest absolute Gasteiger partial charge is 0.378 e. The summed E-state index contributed by atoms with van der Waals surface area (Å²) in [5.41, 5.74) is 3.04. The average molecular weight is 235 g/mol. The van der Waals surface area contributed by atoms with Crippen LogP contribution in [0.3, 0.4) is 0 Å². The summed E-state index contributed by atoms with van der Waals surface area (Å²) in [6.07, 6.45) is 0.886. The molecule has 0 saturated carbocycles. The number of hydrogen-bond donors (Lipinski definition) is 0. The third-order valence-electron chi connectivity index (χ3n) is 3.42. The fourth-order valence-corrected chi connectivity index (χ4v) is 2.24. The Bertz CT molecular complexity index is 395. The molecule has 1 fully saturated rings. The lowest BCUT2D eigenvalue weighted by molar-refractivity contribution is -0.0248. The van der Waals surface area contributed by atoms with Gasteiger partial charge in [-0.1, -0.05) is 13.8 Å². The Morgan fingerprint density at radius 2 is 2.18 bits per heavy atom. The van der Waals surface area contributed by atoms with Crippen LogP contribution in [0.2, 0.25) is 0 Å². The van der Waals surface area contributed by atoms with Gasteiger partial charge in [-0.15, -0.1) is 0 Å². The Labute approximate surface area is 103 Å². The first-order valence-electron chi connectivity index (χ1n) is 6.19. The van der Waals surface area contributed by atoms with E-state index in [4.69, 9.17) is 14.5 Å². The van der Waals surface area contributed by atoms with Crippen LogP contribution in [0, 0.1) is 6.92 Å². The summed E-state index contributed by atoms with van der Waals surface area (Å²) in [6.45, 7) is 7.79. The third kappa shape index (κ3) is 2.35. The van der Waals surface area contributed by atoms with Crippen molar-refractivity contribution in [3.63, 3.8) is 0 Å². The van der Waals surface area contributed by atoms with Crippen LogP contribution in [0.4, 0.5) is 0 Å². The summed E-state index contributed by atoms with van der Waals surface area (Å²) < 4.78 is 11.2. The van der Waals surface area contributed by atoms with Crippen LogP contribution < -0.4 is 0 Å². The molecule has 1 atom stereocenters. The van der Waals surface area contributed by atoms with Crippen LogP contribution in [0.1, 0.15) is 43.1 Å². The predicted octanol–water partition coefficient (Wildman–Crippen LogP) is 2.78. The number of aromatic nitrogens is 1. The maximum atomic E-state index is 5.69. The molecule has 0 unspecified atom stereocenters. The molecule has 0 radical (unpaired) electrons. The summed E-state index contributed by atoms with van der Waals surface area (Å²) in [6, 6.07) is 4.26. The van der Waals surface area contributed by atoms with Crippen molar-refractivity contribution in [2.45, 2.75) is 38.7 Å². The van der Waals surface area contributed by atoms with Gasteiger partial charge in [0.1, 0.15) is 5.60 Å². The molecule has 0 N–H and O–H groups in total. The monoisotopic (exact) mass is 235 g/mol. The number of aryl methyl sites for hydroxylation is 1. The van der Waals surface area contributed by atoms with Crippen molar-refractivity contribution in [1.29, 1.82) is 0 Å². The molecule has 2 heterocycles. The summed E-state index contributed by atoms with van der Waals surface area (Å²) in [7, 11) is 1.74. The molecular weight excluding hydrogens is 214 g/mol. The molecule has 1 aromatic rings. The van der Waals surface area contributed by atoms with E-state index in [-0.39, 0.29) is 5.60 Å². The highest BCUT2D eigenvalue weighted by molar-refractivity contribution is 5.26. The Hall–Kier alpha value is -0.930. The lowest BCUT2D eigenvalue weighted by Gasteiger charge is -2.26. The first kappa shape index (κ1) is 12.5. The zero-order chi connectivity index (χ0) is 12.5. The van der Waals surface area contributed by atoms with Gasteiger partial charge in [0.25, 0.3) is 0 Å². The normalized spacial score (nSPS) is 24.5. The summed E-state index contributed by atoms with van der Waals surface area (Å²) in [5, 5.41) is 0. The minimum atomic E-state index is -0.338. The number of pyridine rings is 1. The number of ether oxygens (including phenoxy) is 2. The van der Waals surface area contributed by atoms with Gasteiger partial charge in [0, 0.05) is 25.8 Å². The molecule has 3 nitrogen and oxygen atoms in total. The first-order chi connectivity index (χ1) is 8.07. The lowest BCUT2D eigenvalue weighted by Crippen LogP contribution is -2.30. The molecule has 17 heavy (non-hydrogen) atoms. The van der Waals surface area contributed by atoms with Gasteiger partial charge < -0.3 is 9.47 Å². The van der Waals surface area contributed by atoms with Gasteiger partial charge in [-0.25, -0.2) is 0 Å². The van der Waals surface area contributed by atoms with Crippen molar-refractivity contribution in [3.8, 4) is 0 Å². The third-order valence-corrected chi connectivity index (χ3v) is 3.42. The Kier molecular flexibility index (Phi) is 3.50. The molecule has 1 aromatic heterocycles. The predicted molar refractivity (Wildman–Crippen MR) is 67.2 cm³/mol.